The highest BCUT2D eigenvalue weighted by Gasteiger charge is 2.27. The van der Waals surface area contributed by atoms with Crippen molar-refractivity contribution in [1.82, 2.24) is 0 Å². The third kappa shape index (κ3) is 3.62. The average Bonchev–Trinajstić information content (AvgIpc) is 2.72. The van der Waals surface area contributed by atoms with Crippen LogP contribution in [0, 0.1) is 0 Å². The van der Waals surface area contributed by atoms with Gasteiger partial charge in [-0.1, -0.05) is 0 Å². The molecule has 1 saturated heterocycles. The first kappa shape index (κ1) is 14.2. The summed E-state index contributed by atoms with van der Waals surface area (Å²) < 4.78 is 22.8. The normalized spacial score (nSPS) is 21.3. The van der Waals surface area contributed by atoms with Gasteiger partial charge in [0.1, 0.15) is 0 Å². The Hall–Kier alpha value is -1.23. The van der Waals surface area contributed by atoms with E-state index in [0.717, 1.165) is 18.8 Å². The maximum absolute atomic E-state index is 11.4. The van der Waals surface area contributed by atoms with E-state index in [1.165, 1.54) is 5.69 Å². The highest BCUT2D eigenvalue weighted by atomic mass is 32.2. The van der Waals surface area contributed by atoms with Gasteiger partial charge in [-0.05, 0) is 44.5 Å². The lowest BCUT2D eigenvalue weighted by molar-refractivity contribution is 0.602. The lowest BCUT2D eigenvalue weighted by Crippen LogP contribution is -2.22. The van der Waals surface area contributed by atoms with E-state index >= 15 is 0 Å². The Morgan fingerprint density at radius 2 is 1.84 bits per heavy atom. The molecule has 0 radical (unpaired) electrons. The number of nitrogens with one attached hydrogen (secondary N) is 1. The molecule has 4 nitrogen and oxygen atoms in total. The zero-order valence-corrected chi connectivity index (χ0v) is 12.4. The van der Waals surface area contributed by atoms with Gasteiger partial charge in [0.05, 0.1) is 11.5 Å². The maximum Gasteiger partial charge on any atom is 0.152 e. The number of anilines is 2. The quantitative estimate of drug-likeness (QED) is 0.899. The van der Waals surface area contributed by atoms with E-state index in [1.807, 2.05) is 12.1 Å². The van der Waals surface area contributed by atoms with Crippen LogP contribution in [0.2, 0.25) is 0 Å². The maximum atomic E-state index is 11.4. The fourth-order valence-corrected chi connectivity index (χ4v) is 4.18. The van der Waals surface area contributed by atoms with Gasteiger partial charge in [-0.3, -0.25) is 0 Å². The molecule has 1 N–H and O–H groups in total. The molecule has 0 aromatic heterocycles. The molecule has 1 unspecified atom stereocenters. The molecule has 0 saturated carbocycles. The van der Waals surface area contributed by atoms with Crippen LogP contribution in [0.25, 0.3) is 0 Å². The number of sulfone groups is 1. The van der Waals surface area contributed by atoms with Gasteiger partial charge in [0.15, 0.2) is 9.84 Å². The van der Waals surface area contributed by atoms with Crippen molar-refractivity contribution in [3.63, 3.8) is 0 Å². The highest BCUT2D eigenvalue weighted by Crippen LogP contribution is 2.21. The van der Waals surface area contributed by atoms with Gasteiger partial charge in [0.2, 0.25) is 0 Å². The zero-order chi connectivity index (χ0) is 13.9. The van der Waals surface area contributed by atoms with Crippen LogP contribution in [0.5, 0.6) is 0 Å². The van der Waals surface area contributed by atoms with Crippen LogP contribution < -0.4 is 10.2 Å². The van der Waals surface area contributed by atoms with Crippen molar-refractivity contribution in [3.05, 3.63) is 24.3 Å². The predicted molar refractivity (Wildman–Crippen MR) is 80.7 cm³/mol. The zero-order valence-electron chi connectivity index (χ0n) is 11.6. The van der Waals surface area contributed by atoms with E-state index in [4.69, 9.17) is 0 Å². The summed E-state index contributed by atoms with van der Waals surface area (Å²) in [5.41, 5.74) is 2.20. The average molecular weight is 282 g/mol. The SMILES string of the molecule is CCN(CC)c1ccc(NC2CCS(=O)(=O)C2)cc1. The third-order valence-corrected chi connectivity index (χ3v) is 5.37. The number of nitrogens with zero attached hydrogens (tertiary/aromatic N) is 1. The molecule has 1 heterocycles. The molecule has 2 rings (SSSR count). The molecule has 0 aliphatic carbocycles. The van der Waals surface area contributed by atoms with Gasteiger partial charge in [-0.25, -0.2) is 8.42 Å². The standard InChI is InChI=1S/C14H22N2O2S/c1-3-16(4-2)14-7-5-12(6-8-14)15-13-9-10-19(17,18)11-13/h5-8,13,15H,3-4,9-11H2,1-2H3. The van der Waals surface area contributed by atoms with Gasteiger partial charge in [0.25, 0.3) is 0 Å². The second kappa shape index (κ2) is 5.82. The van der Waals surface area contributed by atoms with Gasteiger partial charge >= 0.3 is 0 Å². The van der Waals surface area contributed by atoms with Crippen molar-refractivity contribution >= 4 is 21.2 Å². The molecule has 1 atom stereocenters. The topological polar surface area (TPSA) is 49.4 Å². The summed E-state index contributed by atoms with van der Waals surface area (Å²) in [7, 11) is -2.82. The van der Waals surface area contributed by atoms with E-state index in [1.54, 1.807) is 0 Å². The first-order chi connectivity index (χ1) is 9.04. The third-order valence-electron chi connectivity index (χ3n) is 3.60. The smallest absolute Gasteiger partial charge is 0.152 e. The monoisotopic (exact) mass is 282 g/mol. The van der Waals surface area contributed by atoms with Crippen molar-refractivity contribution in [2.45, 2.75) is 26.3 Å². The second-order valence-electron chi connectivity index (χ2n) is 4.96. The molecule has 1 aliphatic rings. The summed E-state index contributed by atoms with van der Waals surface area (Å²) >= 11 is 0. The Morgan fingerprint density at radius 3 is 2.32 bits per heavy atom. The first-order valence-electron chi connectivity index (χ1n) is 6.86. The van der Waals surface area contributed by atoms with Crippen LogP contribution >= 0.6 is 0 Å². The molecular formula is C14H22N2O2S. The van der Waals surface area contributed by atoms with Crippen molar-refractivity contribution < 1.29 is 8.42 Å². The van der Waals surface area contributed by atoms with E-state index in [2.05, 4.69) is 36.2 Å². The predicted octanol–water partition coefficient (Wildman–Crippen LogP) is 2.13. The van der Waals surface area contributed by atoms with Crippen LogP contribution in [0.1, 0.15) is 20.3 Å². The van der Waals surface area contributed by atoms with Crippen molar-refractivity contribution in [1.29, 1.82) is 0 Å². The Labute approximate surface area is 115 Å². The lowest BCUT2D eigenvalue weighted by atomic mass is 10.2. The first-order valence-corrected chi connectivity index (χ1v) is 8.68. The minimum atomic E-state index is -2.82. The summed E-state index contributed by atoms with van der Waals surface area (Å²) in [5.74, 6) is 0.562. The molecule has 1 fully saturated rings. The Kier molecular flexibility index (Phi) is 4.34. The van der Waals surface area contributed by atoms with E-state index in [0.29, 0.717) is 12.2 Å². The summed E-state index contributed by atoms with van der Waals surface area (Å²) in [6.07, 6.45) is 0.708. The fourth-order valence-electron chi connectivity index (χ4n) is 2.50. The summed E-state index contributed by atoms with van der Waals surface area (Å²) in [5, 5.41) is 3.30. The van der Waals surface area contributed by atoms with Crippen LogP contribution in [0.15, 0.2) is 24.3 Å². The summed E-state index contributed by atoms with van der Waals surface area (Å²) in [6, 6.07) is 8.28. The molecule has 1 aromatic carbocycles. The number of hydrogen-bond donors (Lipinski definition) is 1. The van der Waals surface area contributed by atoms with E-state index in [-0.39, 0.29) is 11.8 Å². The molecule has 0 spiro atoms. The molecule has 0 bridgehead atoms. The summed E-state index contributed by atoms with van der Waals surface area (Å²) in [4.78, 5) is 2.28. The van der Waals surface area contributed by atoms with Gasteiger partial charge in [-0.2, -0.15) is 0 Å². The molecule has 0 amide bonds. The molecule has 1 aliphatic heterocycles. The minimum Gasteiger partial charge on any atom is -0.381 e. The second-order valence-corrected chi connectivity index (χ2v) is 7.19. The lowest BCUT2D eigenvalue weighted by Gasteiger charge is -2.21. The largest absolute Gasteiger partial charge is 0.381 e. The Balaban J connectivity index is 1.99. The fraction of sp³-hybridized carbons (Fsp3) is 0.571. The van der Waals surface area contributed by atoms with Crippen molar-refractivity contribution in [2.24, 2.45) is 0 Å². The van der Waals surface area contributed by atoms with Gasteiger partial charge in [-0.15, -0.1) is 0 Å². The Morgan fingerprint density at radius 1 is 1.21 bits per heavy atom. The van der Waals surface area contributed by atoms with Crippen LogP contribution in [-0.2, 0) is 9.84 Å². The van der Waals surface area contributed by atoms with Crippen molar-refractivity contribution in [3.8, 4) is 0 Å². The van der Waals surface area contributed by atoms with Crippen LogP contribution in [0.3, 0.4) is 0 Å². The summed E-state index contributed by atoms with van der Waals surface area (Å²) in [6.45, 7) is 6.26. The molecule has 5 heteroatoms. The van der Waals surface area contributed by atoms with Gasteiger partial charge < -0.3 is 10.2 Å². The number of benzene rings is 1. The molecule has 106 valence electrons. The van der Waals surface area contributed by atoms with E-state index in [9.17, 15) is 8.42 Å². The minimum absolute atomic E-state index is 0.0595. The van der Waals surface area contributed by atoms with Gasteiger partial charge in [0, 0.05) is 30.5 Å². The highest BCUT2D eigenvalue weighted by molar-refractivity contribution is 7.91. The van der Waals surface area contributed by atoms with E-state index < -0.39 is 9.84 Å². The molecular weight excluding hydrogens is 260 g/mol. The van der Waals surface area contributed by atoms with Crippen LogP contribution in [0.4, 0.5) is 11.4 Å². The molecule has 19 heavy (non-hydrogen) atoms. The Bertz CT molecular complexity index is 507. The molecule has 1 aromatic rings. The number of rotatable bonds is 5. The number of hydrogen-bond acceptors (Lipinski definition) is 4. The van der Waals surface area contributed by atoms with Crippen molar-refractivity contribution in [2.75, 3.05) is 34.8 Å². The van der Waals surface area contributed by atoms with Crippen LogP contribution in [-0.4, -0.2) is 39.1 Å².